The standard InChI is InChI=1S/C9H20N2O.C5H6S/c1-5-6-9(2,3)7(11-4)8(10)12;1-5-2-3-6-4-5/h7,11H,5-6H2,1-4H3,(H2,10,12);2-4H,1H3. The van der Waals surface area contributed by atoms with Gasteiger partial charge in [-0.3, -0.25) is 4.79 Å². The number of hydrogen-bond acceptors (Lipinski definition) is 3. The molecule has 0 saturated carbocycles. The minimum atomic E-state index is -0.268. The van der Waals surface area contributed by atoms with Gasteiger partial charge >= 0.3 is 0 Å². The van der Waals surface area contributed by atoms with Crippen molar-refractivity contribution in [2.45, 2.75) is 46.6 Å². The van der Waals surface area contributed by atoms with E-state index in [0.717, 1.165) is 12.8 Å². The molecule has 1 atom stereocenters. The molecule has 0 aromatic carbocycles. The summed E-state index contributed by atoms with van der Waals surface area (Å²) >= 11 is 1.74. The van der Waals surface area contributed by atoms with Gasteiger partial charge in [0.05, 0.1) is 6.04 Å². The Morgan fingerprint density at radius 3 is 2.39 bits per heavy atom. The molecule has 0 spiro atoms. The van der Waals surface area contributed by atoms with Crippen LogP contribution >= 0.6 is 11.3 Å². The first kappa shape index (κ1) is 17.1. The van der Waals surface area contributed by atoms with E-state index in [2.05, 4.69) is 49.8 Å². The van der Waals surface area contributed by atoms with E-state index < -0.39 is 0 Å². The summed E-state index contributed by atoms with van der Waals surface area (Å²) in [4.78, 5) is 11.0. The van der Waals surface area contributed by atoms with Gasteiger partial charge in [-0.2, -0.15) is 11.3 Å². The quantitative estimate of drug-likeness (QED) is 0.864. The van der Waals surface area contributed by atoms with Crippen molar-refractivity contribution in [1.29, 1.82) is 0 Å². The van der Waals surface area contributed by atoms with Crippen molar-refractivity contribution in [2.75, 3.05) is 7.05 Å². The van der Waals surface area contributed by atoms with E-state index in [1.54, 1.807) is 18.4 Å². The highest BCUT2D eigenvalue weighted by Gasteiger charge is 2.31. The van der Waals surface area contributed by atoms with Crippen molar-refractivity contribution in [2.24, 2.45) is 11.1 Å². The highest BCUT2D eigenvalue weighted by Crippen LogP contribution is 2.26. The van der Waals surface area contributed by atoms with E-state index in [4.69, 9.17) is 5.73 Å². The minimum absolute atomic E-state index is 0.0463. The number of primary amides is 1. The number of aryl methyl sites for hydroxylation is 1. The van der Waals surface area contributed by atoms with Gasteiger partial charge in [0.15, 0.2) is 0 Å². The zero-order valence-corrected chi connectivity index (χ0v) is 12.9. The second kappa shape index (κ2) is 8.27. The molecule has 0 aliphatic rings. The first-order valence-corrected chi connectivity index (χ1v) is 7.24. The van der Waals surface area contributed by atoms with Crippen LogP contribution in [0.25, 0.3) is 0 Å². The Bertz CT molecular complexity index is 334. The molecule has 1 aromatic heterocycles. The number of amides is 1. The molecule has 0 saturated heterocycles. The van der Waals surface area contributed by atoms with Crippen molar-refractivity contribution < 1.29 is 4.79 Å². The topological polar surface area (TPSA) is 55.1 Å². The van der Waals surface area contributed by atoms with Crippen LogP contribution in [0.15, 0.2) is 16.8 Å². The van der Waals surface area contributed by atoms with E-state index in [1.807, 2.05) is 0 Å². The molecule has 0 fully saturated rings. The van der Waals surface area contributed by atoms with Crippen molar-refractivity contribution in [3.8, 4) is 0 Å². The number of carbonyl (C=O) groups excluding carboxylic acids is 1. The van der Waals surface area contributed by atoms with Gasteiger partial charge in [-0.1, -0.05) is 27.2 Å². The minimum Gasteiger partial charge on any atom is -0.368 e. The van der Waals surface area contributed by atoms with E-state index >= 15 is 0 Å². The largest absolute Gasteiger partial charge is 0.368 e. The Morgan fingerprint density at radius 2 is 2.17 bits per heavy atom. The summed E-state index contributed by atoms with van der Waals surface area (Å²) in [6.45, 7) is 8.32. The number of rotatable bonds is 5. The van der Waals surface area contributed by atoms with Crippen LogP contribution in [-0.4, -0.2) is 19.0 Å². The van der Waals surface area contributed by atoms with Gasteiger partial charge in [0.2, 0.25) is 5.91 Å². The third-order valence-electron chi connectivity index (χ3n) is 2.91. The van der Waals surface area contributed by atoms with E-state index in [1.165, 1.54) is 5.56 Å². The number of hydrogen-bond donors (Lipinski definition) is 2. The van der Waals surface area contributed by atoms with Crippen LogP contribution in [0.2, 0.25) is 0 Å². The SMILES string of the molecule is CCCC(C)(C)C(NC)C(N)=O.Cc1ccsc1. The van der Waals surface area contributed by atoms with Gasteiger partial charge in [0, 0.05) is 0 Å². The van der Waals surface area contributed by atoms with Crippen molar-refractivity contribution in [1.82, 2.24) is 5.32 Å². The van der Waals surface area contributed by atoms with Crippen LogP contribution in [0.5, 0.6) is 0 Å². The maximum Gasteiger partial charge on any atom is 0.235 e. The number of nitrogens with two attached hydrogens (primary N) is 1. The van der Waals surface area contributed by atoms with Gasteiger partial charge in [-0.25, -0.2) is 0 Å². The van der Waals surface area contributed by atoms with Crippen LogP contribution in [-0.2, 0) is 4.79 Å². The Labute approximate surface area is 115 Å². The molecule has 3 N–H and O–H groups in total. The molecule has 0 bridgehead atoms. The molecule has 104 valence electrons. The Balaban J connectivity index is 0.000000397. The lowest BCUT2D eigenvalue weighted by Crippen LogP contribution is -2.49. The lowest BCUT2D eigenvalue weighted by atomic mass is 9.80. The van der Waals surface area contributed by atoms with E-state index in [-0.39, 0.29) is 17.4 Å². The fourth-order valence-electron chi connectivity index (χ4n) is 2.04. The zero-order valence-electron chi connectivity index (χ0n) is 12.1. The van der Waals surface area contributed by atoms with Crippen molar-refractivity contribution >= 4 is 17.2 Å². The monoisotopic (exact) mass is 270 g/mol. The summed E-state index contributed by atoms with van der Waals surface area (Å²) in [7, 11) is 1.77. The molecule has 1 unspecified atom stereocenters. The molecule has 0 aliphatic heterocycles. The average Bonchev–Trinajstić information content (AvgIpc) is 2.69. The normalized spacial score (nSPS) is 12.5. The number of carbonyl (C=O) groups is 1. The van der Waals surface area contributed by atoms with E-state index in [0.29, 0.717) is 0 Å². The Hall–Kier alpha value is -0.870. The molecule has 1 aromatic rings. The third-order valence-corrected chi connectivity index (χ3v) is 3.71. The highest BCUT2D eigenvalue weighted by molar-refractivity contribution is 7.07. The first-order valence-electron chi connectivity index (χ1n) is 6.30. The summed E-state index contributed by atoms with van der Waals surface area (Å²) < 4.78 is 0. The summed E-state index contributed by atoms with van der Waals surface area (Å²) in [6, 6.07) is 1.88. The predicted octanol–water partition coefficient (Wildman–Crippen LogP) is 2.94. The van der Waals surface area contributed by atoms with Crippen molar-refractivity contribution in [3.05, 3.63) is 22.4 Å². The van der Waals surface area contributed by atoms with Gasteiger partial charge in [0.1, 0.15) is 0 Å². The maximum absolute atomic E-state index is 11.0. The Kier molecular flexibility index (Phi) is 7.87. The summed E-state index contributed by atoms with van der Waals surface area (Å²) in [5, 5.41) is 7.16. The van der Waals surface area contributed by atoms with Crippen LogP contribution in [0.4, 0.5) is 0 Å². The van der Waals surface area contributed by atoms with E-state index in [9.17, 15) is 4.79 Å². The second-order valence-corrected chi connectivity index (χ2v) is 5.94. The van der Waals surface area contributed by atoms with Gasteiger partial charge in [-0.15, -0.1) is 0 Å². The molecular weight excluding hydrogens is 244 g/mol. The smallest absolute Gasteiger partial charge is 0.235 e. The summed E-state index contributed by atoms with van der Waals surface area (Å²) in [5.41, 5.74) is 6.58. The van der Waals surface area contributed by atoms with Crippen LogP contribution in [0.3, 0.4) is 0 Å². The lowest BCUT2D eigenvalue weighted by Gasteiger charge is -2.31. The fourth-order valence-corrected chi connectivity index (χ4v) is 2.70. The van der Waals surface area contributed by atoms with Crippen molar-refractivity contribution in [3.63, 3.8) is 0 Å². The zero-order chi connectivity index (χ0) is 14.2. The molecule has 0 radical (unpaired) electrons. The number of likely N-dealkylation sites (N-methyl/N-ethyl adjacent to an activating group) is 1. The molecule has 4 heteroatoms. The summed E-state index contributed by atoms with van der Waals surface area (Å²) in [6.07, 6.45) is 2.07. The van der Waals surface area contributed by atoms with Crippen LogP contribution in [0, 0.1) is 12.3 Å². The maximum atomic E-state index is 11.0. The molecule has 18 heavy (non-hydrogen) atoms. The number of nitrogens with one attached hydrogen (secondary N) is 1. The fraction of sp³-hybridized carbons (Fsp3) is 0.643. The van der Waals surface area contributed by atoms with Gasteiger partial charge in [0.25, 0.3) is 0 Å². The Morgan fingerprint density at radius 1 is 1.56 bits per heavy atom. The summed E-state index contributed by atoms with van der Waals surface area (Å²) in [5.74, 6) is -0.268. The second-order valence-electron chi connectivity index (χ2n) is 5.16. The lowest BCUT2D eigenvalue weighted by molar-refractivity contribution is -0.122. The molecule has 1 heterocycles. The van der Waals surface area contributed by atoms with Crippen LogP contribution in [0.1, 0.15) is 39.2 Å². The third kappa shape index (κ3) is 6.17. The molecular formula is C14H26N2OS. The average molecular weight is 270 g/mol. The highest BCUT2D eigenvalue weighted by atomic mass is 32.1. The van der Waals surface area contributed by atoms with Gasteiger partial charge in [-0.05, 0) is 48.2 Å². The predicted molar refractivity (Wildman–Crippen MR) is 79.8 cm³/mol. The molecule has 1 rings (SSSR count). The van der Waals surface area contributed by atoms with Gasteiger partial charge < -0.3 is 11.1 Å². The molecule has 3 nitrogen and oxygen atoms in total. The molecule has 0 aliphatic carbocycles. The first-order chi connectivity index (χ1) is 8.35. The molecule has 1 amide bonds. The number of thiophene rings is 1. The van der Waals surface area contributed by atoms with Crippen LogP contribution < -0.4 is 11.1 Å².